The molecule has 1 fully saturated rings. The van der Waals surface area contributed by atoms with Gasteiger partial charge in [-0.05, 0) is 11.6 Å². The van der Waals surface area contributed by atoms with Crippen molar-refractivity contribution >= 4 is 11.8 Å². The van der Waals surface area contributed by atoms with Crippen LogP contribution in [0.15, 0.2) is 18.2 Å². The molecule has 2 rings (SSSR count). The SMILES string of the molecule is O=C1NC(c2ccc(F)c([N+](=O)[O-])c2)CO1. The Morgan fingerprint density at radius 1 is 1.56 bits per heavy atom. The van der Waals surface area contributed by atoms with Gasteiger partial charge in [-0.2, -0.15) is 4.39 Å². The Morgan fingerprint density at radius 2 is 2.31 bits per heavy atom. The second-order valence-electron chi connectivity index (χ2n) is 3.26. The fraction of sp³-hybridized carbons (Fsp3) is 0.222. The van der Waals surface area contributed by atoms with Gasteiger partial charge in [0.25, 0.3) is 0 Å². The number of nitrogens with one attached hydrogen (secondary N) is 1. The van der Waals surface area contributed by atoms with Gasteiger partial charge in [0.1, 0.15) is 6.61 Å². The van der Waals surface area contributed by atoms with Crippen LogP contribution in [0.25, 0.3) is 0 Å². The number of hydrogen-bond donors (Lipinski definition) is 1. The van der Waals surface area contributed by atoms with Crippen LogP contribution in [0.5, 0.6) is 0 Å². The molecular weight excluding hydrogens is 219 g/mol. The lowest BCUT2D eigenvalue weighted by molar-refractivity contribution is -0.387. The predicted molar refractivity (Wildman–Crippen MR) is 50.3 cm³/mol. The zero-order valence-electron chi connectivity index (χ0n) is 7.97. The summed E-state index contributed by atoms with van der Waals surface area (Å²) in [7, 11) is 0. The van der Waals surface area contributed by atoms with Gasteiger partial charge in [0.2, 0.25) is 5.82 Å². The van der Waals surface area contributed by atoms with Crippen LogP contribution < -0.4 is 5.32 Å². The lowest BCUT2D eigenvalue weighted by Gasteiger charge is -2.06. The van der Waals surface area contributed by atoms with E-state index < -0.39 is 28.6 Å². The van der Waals surface area contributed by atoms with Gasteiger partial charge in [0.05, 0.1) is 11.0 Å². The molecule has 0 aromatic heterocycles. The molecule has 1 aromatic carbocycles. The third-order valence-electron chi connectivity index (χ3n) is 2.24. The Labute approximate surface area is 89.2 Å². The van der Waals surface area contributed by atoms with Crippen molar-refractivity contribution in [2.24, 2.45) is 0 Å². The number of ether oxygens (including phenoxy) is 1. The van der Waals surface area contributed by atoms with Crippen molar-refractivity contribution in [2.75, 3.05) is 6.61 Å². The van der Waals surface area contributed by atoms with Gasteiger partial charge in [-0.3, -0.25) is 10.1 Å². The number of halogens is 1. The van der Waals surface area contributed by atoms with Crippen LogP contribution in [0.4, 0.5) is 14.9 Å². The van der Waals surface area contributed by atoms with Crippen LogP contribution in [-0.2, 0) is 4.74 Å². The van der Waals surface area contributed by atoms with Gasteiger partial charge in [-0.1, -0.05) is 6.07 Å². The highest BCUT2D eigenvalue weighted by Crippen LogP contribution is 2.24. The molecule has 1 aromatic rings. The molecule has 1 N–H and O–H groups in total. The molecule has 16 heavy (non-hydrogen) atoms. The molecular formula is C9H7FN2O4. The normalized spacial score (nSPS) is 19.1. The number of hydrogen-bond acceptors (Lipinski definition) is 4. The average Bonchev–Trinajstić information content (AvgIpc) is 2.65. The molecule has 1 atom stereocenters. The Kier molecular flexibility index (Phi) is 2.43. The van der Waals surface area contributed by atoms with Gasteiger partial charge in [0, 0.05) is 6.07 Å². The first-order valence-electron chi connectivity index (χ1n) is 4.45. The van der Waals surface area contributed by atoms with Gasteiger partial charge in [-0.15, -0.1) is 0 Å². The van der Waals surface area contributed by atoms with Crippen molar-refractivity contribution in [3.63, 3.8) is 0 Å². The average molecular weight is 226 g/mol. The fourth-order valence-corrected chi connectivity index (χ4v) is 1.45. The molecule has 0 aliphatic carbocycles. The van der Waals surface area contributed by atoms with E-state index in [1.807, 2.05) is 0 Å². The highest BCUT2D eigenvalue weighted by atomic mass is 19.1. The van der Waals surface area contributed by atoms with E-state index in [-0.39, 0.29) is 6.61 Å². The molecule has 7 heteroatoms. The number of cyclic esters (lactones) is 1. The quantitative estimate of drug-likeness (QED) is 0.612. The van der Waals surface area contributed by atoms with Crippen molar-refractivity contribution in [3.8, 4) is 0 Å². The summed E-state index contributed by atoms with van der Waals surface area (Å²) in [6.45, 7) is 0.0849. The first-order valence-corrected chi connectivity index (χ1v) is 4.45. The van der Waals surface area contributed by atoms with Gasteiger partial charge < -0.3 is 10.1 Å². The second kappa shape index (κ2) is 3.76. The third kappa shape index (κ3) is 1.79. The first-order chi connectivity index (χ1) is 7.58. The summed E-state index contributed by atoms with van der Waals surface area (Å²) in [5, 5.41) is 12.9. The molecule has 0 saturated carbocycles. The van der Waals surface area contributed by atoms with Crippen molar-refractivity contribution in [2.45, 2.75) is 6.04 Å². The van der Waals surface area contributed by atoms with E-state index in [0.29, 0.717) is 5.56 Å². The van der Waals surface area contributed by atoms with E-state index >= 15 is 0 Å². The highest BCUT2D eigenvalue weighted by molar-refractivity contribution is 5.70. The van der Waals surface area contributed by atoms with Gasteiger partial charge in [0.15, 0.2) is 0 Å². The van der Waals surface area contributed by atoms with E-state index in [1.54, 1.807) is 0 Å². The van der Waals surface area contributed by atoms with Crippen LogP contribution in [0.3, 0.4) is 0 Å². The molecule has 1 aliphatic rings. The topological polar surface area (TPSA) is 81.5 Å². The maximum atomic E-state index is 13.0. The number of alkyl carbamates (subject to hydrolysis) is 1. The molecule has 1 unspecified atom stereocenters. The molecule has 1 aliphatic heterocycles. The summed E-state index contributed by atoms with van der Waals surface area (Å²) in [6, 6.07) is 3.00. The maximum Gasteiger partial charge on any atom is 0.407 e. The van der Waals surface area contributed by atoms with E-state index in [0.717, 1.165) is 12.1 Å². The minimum Gasteiger partial charge on any atom is -0.447 e. The molecule has 0 spiro atoms. The molecule has 0 radical (unpaired) electrons. The number of rotatable bonds is 2. The fourth-order valence-electron chi connectivity index (χ4n) is 1.45. The summed E-state index contributed by atoms with van der Waals surface area (Å²) < 4.78 is 17.7. The summed E-state index contributed by atoms with van der Waals surface area (Å²) >= 11 is 0. The second-order valence-corrected chi connectivity index (χ2v) is 3.26. The van der Waals surface area contributed by atoms with E-state index in [2.05, 4.69) is 10.1 Å². The largest absolute Gasteiger partial charge is 0.447 e. The number of carbonyl (C=O) groups is 1. The lowest BCUT2D eigenvalue weighted by Crippen LogP contribution is -2.18. The van der Waals surface area contributed by atoms with Crippen LogP contribution in [0.2, 0.25) is 0 Å². The summed E-state index contributed by atoms with van der Waals surface area (Å²) in [6.07, 6.45) is -0.586. The molecule has 1 saturated heterocycles. The summed E-state index contributed by atoms with van der Waals surface area (Å²) in [5.41, 5.74) is -0.169. The number of nitro benzene ring substituents is 1. The monoisotopic (exact) mass is 226 g/mol. The zero-order valence-corrected chi connectivity index (χ0v) is 7.97. The van der Waals surface area contributed by atoms with Crippen molar-refractivity contribution < 1.29 is 18.8 Å². The standard InChI is InChI=1S/C9H7FN2O4/c10-6-2-1-5(3-8(6)12(14)15)7-4-16-9(13)11-7/h1-3,7H,4H2,(H,11,13). The number of benzene rings is 1. The van der Waals surface area contributed by atoms with E-state index in [1.165, 1.54) is 6.07 Å². The molecule has 0 bridgehead atoms. The first kappa shape index (κ1) is 10.3. The Morgan fingerprint density at radius 3 is 2.88 bits per heavy atom. The number of carbonyl (C=O) groups excluding carboxylic acids is 1. The smallest absolute Gasteiger partial charge is 0.407 e. The van der Waals surface area contributed by atoms with E-state index in [4.69, 9.17) is 0 Å². The summed E-state index contributed by atoms with van der Waals surface area (Å²) in [4.78, 5) is 20.5. The molecule has 1 amide bonds. The van der Waals surface area contributed by atoms with Crippen molar-refractivity contribution in [3.05, 3.63) is 39.7 Å². The number of nitrogens with zero attached hydrogens (tertiary/aromatic N) is 1. The van der Waals surface area contributed by atoms with Crippen molar-refractivity contribution in [1.29, 1.82) is 0 Å². The highest BCUT2D eigenvalue weighted by Gasteiger charge is 2.26. The van der Waals surface area contributed by atoms with Crippen LogP contribution in [-0.4, -0.2) is 17.6 Å². The maximum absolute atomic E-state index is 13.0. The zero-order chi connectivity index (χ0) is 11.7. The predicted octanol–water partition coefficient (Wildman–Crippen LogP) is 1.51. The van der Waals surface area contributed by atoms with Crippen LogP contribution in [0, 0.1) is 15.9 Å². The van der Waals surface area contributed by atoms with Crippen LogP contribution >= 0.6 is 0 Å². The van der Waals surface area contributed by atoms with Crippen molar-refractivity contribution in [1.82, 2.24) is 5.32 Å². The Balaban J connectivity index is 2.32. The van der Waals surface area contributed by atoms with E-state index in [9.17, 15) is 19.3 Å². The minimum atomic E-state index is -0.904. The summed E-state index contributed by atoms with van der Waals surface area (Å²) in [5.74, 6) is -0.904. The number of nitro groups is 1. The minimum absolute atomic E-state index is 0.0849. The molecule has 84 valence electrons. The Hall–Kier alpha value is -2.18. The Bertz CT molecular complexity index is 463. The molecule has 1 heterocycles. The van der Waals surface area contributed by atoms with Crippen LogP contribution in [0.1, 0.15) is 11.6 Å². The lowest BCUT2D eigenvalue weighted by atomic mass is 10.1. The van der Waals surface area contributed by atoms with Gasteiger partial charge in [-0.25, -0.2) is 4.79 Å². The van der Waals surface area contributed by atoms with Gasteiger partial charge >= 0.3 is 11.8 Å². The number of amides is 1. The molecule has 6 nitrogen and oxygen atoms in total. The third-order valence-corrected chi connectivity index (χ3v) is 2.24.